The molecule has 5 heteroatoms. The Morgan fingerprint density at radius 1 is 1.03 bits per heavy atom. The number of carbonyl (C=O) groups is 1. The molecule has 3 aliphatic rings. The number of thioether (sulfide) groups is 2. The molecule has 1 saturated carbocycles. The highest BCUT2D eigenvalue weighted by molar-refractivity contribution is 8.20. The minimum atomic E-state index is -0.429. The number of allylic oxidation sites excluding steroid dienone is 2. The number of carbonyl (C=O) groups excluding carboxylic acids is 1. The Bertz CT molecular complexity index is 559. The Morgan fingerprint density at radius 2 is 1.73 bits per heavy atom. The van der Waals surface area contributed by atoms with Crippen molar-refractivity contribution in [1.29, 1.82) is 0 Å². The van der Waals surface area contributed by atoms with E-state index in [2.05, 4.69) is 50.4 Å². The van der Waals surface area contributed by atoms with Gasteiger partial charge in [-0.25, -0.2) is 0 Å². The van der Waals surface area contributed by atoms with Gasteiger partial charge in [0.15, 0.2) is 11.6 Å². The highest BCUT2D eigenvalue weighted by Gasteiger charge is 2.52. The fourth-order valence-corrected chi connectivity index (χ4v) is 7.79. The number of ketones is 1. The summed E-state index contributed by atoms with van der Waals surface area (Å²) in [6, 6.07) is 0. The second kappa shape index (κ2) is 11.8. The van der Waals surface area contributed by atoms with E-state index in [0.29, 0.717) is 24.0 Å². The van der Waals surface area contributed by atoms with E-state index in [-0.39, 0.29) is 5.41 Å². The molecular formula is C25H42O3S2. The minimum absolute atomic E-state index is 0.0919. The summed E-state index contributed by atoms with van der Waals surface area (Å²) in [5.41, 5.74) is 0.0919. The molecular weight excluding hydrogens is 412 g/mol. The highest BCUT2D eigenvalue weighted by Crippen LogP contribution is 2.51. The average Bonchev–Trinajstić information content (AvgIpc) is 3.35. The Hall–Kier alpha value is 0.0300. The van der Waals surface area contributed by atoms with Crippen LogP contribution >= 0.6 is 23.5 Å². The first kappa shape index (κ1) is 24.7. The van der Waals surface area contributed by atoms with Crippen molar-refractivity contribution in [2.75, 3.05) is 24.7 Å². The third-order valence-corrected chi connectivity index (χ3v) is 9.95. The van der Waals surface area contributed by atoms with E-state index < -0.39 is 5.79 Å². The van der Waals surface area contributed by atoms with Crippen molar-refractivity contribution >= 4 is 29.3 Å². The summed E-state index contributed by atoms with van der Waals surface area (Å²) in [6.45, 7) is 8.19. The molecule has 0 bridgehead atoms. The summed E-state index contributed by atoms with van der Waals surface area (Å²) in [7, 11) is 0. The molecule has 2 heterocycles. The van der Waals surface area contributed by atoms with Crippen molar-refractivity contribution in [2.24, 2.45) is 17.3 Å². The fraction of sp³-hybridized carbons (Fsp3) is 0.880. The second-order valence-corrected chi connectivity index (χ2v) is 13.0. The number of ether oxygens (including phenoxy) is 2. The first-order valence-corrected chi connectivity index (χ1v) is 14.3. The van der Waals surface area contributed by atoms with Crippen LogP contribution in [0.4, 0.5) is 0 Å². The zero-order valence-corrected chi connectivity index (χ0v) is 21.0. The lowest BCUT2D eigenvalue weighted by atomic mass is 9.86. The van der Waals surface area contributed by atoms with E-state index in [1.54, 1.807) is 0 Å². The smallest absolute Gasteiger partial charge is 0.171 e. The van der Waals surface area contributed by atoms with E-state index in [9.17, 15) is 4.79 Å². The molecule has 0 N–H and O–H groups in total. The van der Waals surface area contributed by atoms with Gasteiger partial charge in [0, 0.05) is 35.7 Å². The zero-order valence-electron chi connectivity index (χ0n) is 19.3. The van der Waals surface area contributed by atoms with Crippen molar-refractivity contribution in [2.45, 2.75) is 95.3 Å². The van der Waals surface area contributed by atoms with Gasteiger partial charge in [-0.2, -0.15) is 0 Å². The molecule has 1 spiro atoms. The Labute approximate surface area is 192 Å². The fourth-order valence-electron chi connectivity index (χ4n) is 4.93. The second-order valence-electron chi connectivity index (χ2n) is 10.1. The van der Waals surface area contributed by atoms with Crippen LogP contribution in [0.25, 0.3) is 0 Å². The molecule has 1 aliphatic carbocycles. The van der Waals surface area contributed by atoms with Gasteiger partial charge in [-0.3, -0.25) is 4.79 Å². The SMILES string of the molecule is CCCCCCCC(=O)C=CC1CCC2(OCC(C)(C)CO2)C1CCC1SCCS1. The van der Waals surface area contributed by atoms with Crippen LogP contribution in [0.15, 0.2) is 12.2 Å². The van der Waals surface area contributed by atoms with Crippen LogP contribution < -0.4 is 0 Å². The van der Waals surface area contributed by atoms with Gasteiger partial charge in [0.05, 0.1) is 17.8 Å². The molecule has 0 aromatic heterocycles. The van der Waals surface area contributed by atoms with Gasteiger partial charge in [0.25, 0.3) is 0 Å². The molecule has 3 nitrogen and oxygen atoms in total. The Morgan fingerprint density at radius 3 is 2.43 bits per heavy atom. The first-order chi connectivity index (χ1) is 14.4. The maximum atomic E-state index is 12.4. The van der Waals surface area contributed by atoms with Crippen molar-refractivity contribution in [3.8, 4) is 0 Å². The maximum Gasteiger partial charge on any atom is 0.171 e. The number of hydrogen-bond donors (Lipinski definition) is 0. The third-order valence-electron chi connectivity index (χ3n) is 6.78. The summed E-state index contributed by atoms with van der Waals surface area (Å²) >= 11 is 4.21. The molecule has 2 saturated heterocycles. The summed E-state index contributed by atoms with van der Waals surface area (Å²) < 4.78 is 13.6. The molecule has 0 radical (unpaired) electrons. The number of unbranched alkanes of at least 4 members (excludes halogenated alkanes) is 4. The number of rotatable bonds is 11. The van der Waals surface area contributed by atoms with Crippen molar-refractivity contribution in [3.63, 3.8) is 0 Å². The molecule has 0 amide bonds. The maximum absolute atomic E-state index is 12.4. The first-order valence-electron chi connectivity index (χ1n) is 12.2. The van der Waals surface area contributed by atoms with Crippen LogP contribution in [-0.2, 0) is 14.3 Å². The summed E-state index contributed by atoms with van der Waals surface area (Å²) in [5.74, 6) is 3.18. The van der Waals surface area contributed by atoms with Gasteiger partial charge in [-0.1, -0.05) is 52.5 Å². The molecule has 0 aromatic carbocycles. The van der Waals surface area contributed by atoms with Crippen molar-refractivity contribution < 1.29 is 14.3 Å². The lowest BCUT2D eigenvalue weighted by molar-refractivity contribution is -0.316. The molecule has 2 atom stereocenters. The van der Waals surface area contributed by atoms with E-state index in [1.165, 1.54) is 43.6 Å². The lowest BCUT2D eigenvalue weighted by Crippen LogP contribution is -2.50. The van der Waals surface area contributed by atoms with Crippen LogP contribution in [0.1, 0.15) is 85.0 Å². The van der Waals surface area contributed by atoms with Crippen LogP contribution in [0, 0.1) is 17.3 Å². The summed E-state index contributed by atoms with van der Waals surface area (Å²) in [5, 5.41) is 0. The molecule has 3 rings (SSSR count). The quantitative estimate of drug-likeness (QED) is 0.252. The zero-order chi connectivity index (χ0) is 21.5. The monoisotopic (exact) mass is 454 g/mol. The molecule has 172 valence electrons. The van der Waals surface area contributed by atoms with Crippen LogP contribution in [0.2, 0.25) is 0 Å². The molecule has 30 heavy (non-hydrogen) atoms. The molecule has 2 aliphatic heterocycles. The Balaban J connectivity index is 1.56. The predicted octanol–water partition coefficient (Wildman–Crippen LogP) is 6.85. The van der Waals surface area contributed by atoms with Gasteiger partial charge in [0.2, 0.25) is 0 Å². The van der Waals surface area contributed by atoms with E-state index in [1.807, 2.05) is 6.08 Å². The summed E-state index contributed by atoms with van der Waals surface area (Å²) in [4.78, 5) is 12.4. The van der Waals surface area contributed by atoms with E-state index in [0.717, 1.165) is 43.5 Å². The van der Waals surface area contributed by atoms with E-state index >= 15 is 0 Å². The number of hydrogen-bond acceptors (Lipinski definition) is 5. The largest absolute Gasteiger partial charge is 0.349 e. The lowest BCUT2D eigenvalue weighted by Gasteiger charge is -2.45. The van der Waals surface area contributed by atoms with Crippen LogP contribution in [0.3, 0.4) is 0 Å². The highest BCUT2D eigenvalue weighted by atomic mass is 32.2. The van der Waals surface area contributed by atoms with Gasteiger partial charge < -0.3 is 9.47 Å². The van der Waals surface area contributed by atoms with Crippen LogP contribution in [-0.4, -0.2) is 40.9 Å². The third kappa shape index (κ3) is 7.02. The molecule has 2 unspecified atom stereocenters. The normalized spacial score (nSPS) is 28.6. The van der Waals surface area contributed by atoms with Gasteiger partial charge in [0.1, 0.15) is 0 Å². The van der Waals surface area contributed by atoms with Gasteiger partial charge in [-0.05, 0) is 37.7 Å². The minimum Gasteiger partial charge on any atom is -0.349 e. The Kier molecular flexibility index (Phi) is 9.67. The molecule has 0 aromatic rings. The summed E-state index contributed by atoms with van der Waals surface area (Å²) in [6.07, 6.45) is 15.1. The van der Waals surface area contributed by atoms with Crippen LogP contribution in [0.5, 0.6) is 0 Å². The van der Waals surface area contributed by atoms with Gasteiger partial charge >= 0.3 is 0 Å². The van der Waals surface area contributed by atoms with Crippen molar-refractivity contribution in [3.05, 3.63) is 12.2 Å². The molecule has 3 fully saturated rings. The predicted molar refractivity (Wildman–Crippen MR) is 130 cm³/mol. The topological polar surface area (TPSA) is 35.5 Å². The van der Waals surface area contributed by atoms with E-state index in [4.69, 9.17) is 9.47 Å². The standard InChI is InChI=1S/C25H42O3S2/c1-4-5-6-7-8-9-21(26)11-10-20-14-15-25(27-18-24(2,3)19-28-25)22(20)12-13-23-29-16-17-30-23/h10-11,20,22-23H,4-9,12-19H2,1-3H3. The van der Waals surface area contributed by atoms with Crippen molar-refractivity contribution in [1.82, 2.24) is 0 Å². The average molecular weight is 455 g/mol. The van der Waals surface area contributed by atoms with Gasteiger partial charge in [-0.15, -0.1) is 23.5 Å².